The summed E-state index contributed by atoms with van der Waals surface area (Å²) in [5, 5.41) is 8.87. The molecule has 0 amide bonds. The SMILES string of the molecule is N#CC1CCC(OC(=O)C2CCC(C3CCCCC3)CC2)CC1F. The number of alkyl halides is 1. The molecule has 3 atom stereocenters. The first kappa shape index (κ1) is 17.7. The molecule has 0 radical (unpaired) electrons. The fourth-order valence-electron chi connectivity index (χ4n) is 5.02. The molecule has 3 rings (SSSR count). The van der Waals surface area contributed by atoms with E-state index in [4.69, 9.17) is 10.00 Å². The minimum absolute atomic E-state index is 0.0107. The van der Waals surface area contributed by atoms with Crippen LogP contribution in [0.1, 0.15) is 77.0 Å². The third-order valence-electron chi connectivity index (χ3n) is 6.59. The first-order chi connectivity index (χ1) is 11.7. The number of halogens is 1. The summed E-state index contributed by atoms with van der Waals surface area (Å²) in [6, 6.07) is 2.01. The largest absolute Gasteiger partial charge is 0.462 e. The molecule has 3 aliphatic carbocycles. The molecule has 0 saturated heterocycles. The van der Waals surface area contributed by atoms with Crippen LogP contribution < -0.4 is 0 Å². The Labute approximate surface area is 144 Å². The van der Waals surface area contributed by atoms with Crippen molar-refractivity contribution in [2.45, 2.75) is 89.3 Å². The van der Waals surface area contributed by atoms with E-state index in [1.165, 1.54) is 32.1 Å². The number of rotatable bonds is 3. The van der Waals surface area contributed by atoms with Crippen molar-refractivity contribution >= 4 is 5.97 Å². The van der Waals surface area contributed by atoms with E-state index in [0.717, 1.165) is 37.5 Å². The van der Waals surface area contributed by atoms with Gasteiger partial charge in [0.1, 0.15) is 12.3 Å². The van der Waals surface area contributed by atoms with E-state index in [1.54, 1.807) is 0 Å². The summed E-state index contributed by atoms with van der Waals surface area (Å²) >= 11 is 0. The lowest BCUT2D eigenvalue weighted by Crippen LogP contribution is -2.34. The van der Waals surface area contributed by atoms with Gasteiger partial charge in [-0.15, -0.1) is 0 Å². The molecule has 4 heteroatoms. The van der Waals surface area contributed by atoms with E-state index in [1.807, 2.05) is 6.07 Å². The third kappa shape index (κ3) is 4.29. The molecule has 24 heavy (non-hydrogen) atoms. The van der Waals surface area contributed by atoms with Crippen LogP contribution in [0, 0.1) is 35.0 Å². The van der Waals surface area contributed by atoms with Crippen molar-refractivity contribution in [2.75, 3.05) is 0 Å². The molecule has 0 heterocycles. The van der Waals surface area contributed by atoms with Crippen molar-refractivity contribution in [3.05, 3.63) is 0 Å². The van der Waals surface area contributed by atoms with Crippen molar-refractivity contribution in [3.8, 4) is 6.07 Å². The van der Waals surface area contributed by atoms with Gasteiger partial charge in [-0.3, -0.25) is 4.79 Å². The van der Waals surface area contributed by atoms with Crippen molar-refractivity contribution in [1.29, 1.82) is 5.26 Å². The molecule has 0 aromatic carbocycles. The predicted molar refractivity (Wildman–Crippen MR) is 89.8 cm³/mol. The summed E-state index contributed by atoms with van der Waals surface area (Å²) in [5.41, 5.74) is 0. The van der Waals surface area contributed by atoms with Gasteiger partial charge in [0.25, 0.3) is 0 Å². The van der Waals surface area contributed by atoms with Crippen molar-refractivity contribution in [1.82, 2.24) is 0 Å². The van der Waals surface area contributed by atoms with Crippen LogP contribution in [0.2, 0.25) is 0 Å². The number of nitrogens with zero attached hydrogens (tertiary/aromatic N) is 1. The second kappa shape index (κ2) is 8.32. The van der Waals surface area contributed by atoms with Gasteiger partial charge in [-0.05, 0) is 50.4 Å². The number of nitriles is 1. The molecule has 3 fully saturated rings. The molecular weight excluding hydrogens is 305 g/mol. The highest BCUT2D eigenvalue weighted by atomic mass is 19.1. The highest BCUT2D eigenvalue weighted by molar-refractivity contribution is 5.72. The molecule has 134 valence electrons. The van der Waals surface area contributed by atoms with E-state index in [0.29, 0.717) is 12.8 Å². The van der Waals surface area contributed by atoms with Crippen LogP contribution in [0.15, 0.2) is 0 Å². The second-order valence-corrected chi connectivity index (χ2v) is 8.13. The number of hydrogen-bond acceptors (Lipinski definition) is 3. The van der Waals surface area contributed by atoms with Gasteiger partial charge in [-0.2, -0.15) is 5.26 Å². The quantitative estimate of drug-likeness (QED) is 0.686. The zero-order chi connectivity index (χ0) is 16.9. The standard InChI is InChI=1S/C20H30FNO2/c21-19-12-18(11-10-17(19)13-22)24-20(23)16-8-6-15(7-9-16)14-4-2-1-3-5-14/h14-19H,1-12H2. The summed E-state index contributed by atoms with van der Waals surface area (Å²) in [7, 11) is 0. The van der Waals surface area contributed by atoms with Crippen LogP contribution in [-0.4, -0.2) is 18.2 Å². The van der Waals surface area contributed by atoms with E-state index in [2.05, 4.69) is 0 Å². The van der Waals surface area contributed by atoms with Gasteiger partial charge in [0.15, 0.2) is 0 Å². The Morgan fingerprint density at radius 3 is 2.21 bits per heavy atom. The average molecular weight is 335 g/mol. The Balaban J connectivity index is 1.41. The highest BCUT2D eigenvalue weighted by Gasteiger charge is 2.36. The molecule has 3 unspecified atom stereocenters. The third-order valence-corrected chi connectivity index (χ3v) is 6.59. The van der Waals surface area contributed by atoms with E-state index in [-0.39, 0.29) is 24.4 Å². The van der Waals surface area contributed by atoms with Crippen LogP contribution in [-0.2, 0) is 9.53 Å². The molecule has 3 nitrogen and oxygen atoms in total. The molecule has 3 aliphatic rings. The minimum atomic E-state index is -1.15. The van der Waals surface area contributed by atoms with Crippen molar-refractivity contribution in [2.24, 2.45) is 23.7 Å². The van der Waals surface area contributed by atoms with E-state index < -0.39 is 12.1 Å². The normalized spacial score (nSPS) is 38.2. The van der Waals surface area contributed by atoms with Gasteiger partial charge in [-0.25, -0.2) is 4.39 Å². The molecule has 0 N–H and O–H groups in total. The van der Waals surface area contributed by atoms with Crippen LogP contribution in [0.5, 0.6) is 0 Å². The number of ether oxygens (including phenoxy) is 1. The minimum Gasteiger partial charge on any atom is -0.462 e. The van der Waals surface area contributed by atoms with E-state index >= 15 is 0 Å². The maximum Gasteiger partial charge on any atom is 0.309 e. The summed E-state index contributed by atoms with van der Waals surface area (Å²) in [5.74, 6) is 1.05. The zero-order valence-corrected chi connectivity index (χ0v) is 14.6. The Kier molecular flexibility index (Phi) is 6.14. The lowest BCUT2D eigenvalue weighted by Gasteiger charge is -2.36. The van der Waals surface area contributed by atoms with Gasteiger partial charge < -0.3 is 4.74 Å². The molecule has 3 saturated carbocycles. The van der Waals surface area contributed by atoms with Crippen molar-refractivity contribution < 1.29 is 13.9 Å². The number of esters is 1. The second-order valence-electron chi connectivity index (χ2n) is 8.13. The lowest BCUT2D eigenvalue weighted by molar-refractivity contribution is -0.158. The summed E-state index contributed by atoms with van der Waals surface area (Å²) < 4.78 is 19.4. The smallest absolute Gasteiger partial charge is 0.309 e. The lowest BCUT2D eigenvalue weighted by atomic mass is 9.71. The molecular formula is C20H30FNO2. The maximum atomic E-state index is 13.8. The van der Waals surface area contributed by atoms with Gasteiger partial charge in [0.2, 0.25) is 0 Å². The Bertz CT molecular complexity index is 461. The first-order valence-electron chi connectivity index (χ1n) is 9.91. The Hall–Kier alpha value is -1.11. The van der Waals surface area contributed by atoms with Gasteiger partial charge in [-0.1, -0.05) is 32.1 Å². The summed E-state index contributed by atoms with van der Waals surface area (Å²) in [6.45, 7) is 0. The fraction of sp³-hybridized carbons (Fsp3) is 0.900. The topological polar surface area (TPSA) is 50.1 Å². The molecule has 0 aromatic rings. The molecule has 0 bridgehead atoms. The van der Waals surface area contributed by atoms with Gasteiger partial charge in [0.05, 0.1) is 17.9 Å². The maximum absolute atomic E-state index is 13.8. The Morgan fingerprint density at radius 2 is 1.58 bits per heavy atom. The van der Waals surface area contributed by atoms with Crippen LogP contribution in [0.4, 0.5) is 4.39 Å². The van der Waals surface area contributed by atoms with Crippen LogP contribution in [0.3, 0.4) is 0 Å². The summed E-state index contributed by atoms with van der Waals surface area (Å²) in [6.07, 6.45) is 10.9. The molecule has 0 aliphatic heterocycles. The number of carbonyl (C=O) groups is 1. The number of carbonyl (C=O) groups excluding carboxylic acids is 1. The van der Waals surface area contributed by atoms with Gasteiger partial charge in [0, 0.05) is 6.42 Å². The average Bonchev–Trinajstić information content (AvgIpc) is 2.63. The first-order valence-corrected chi connectivity index (χ1v) is 9.91. The zero-order valence-electron chi connectivity index (χ0n) is 14.6. The monoisotopic (exact) mass is 335 g/mol. The van der Waals surface area contributed by atoms with Crippen molar-refractivity contribution in [3.63, 3.8) is 0 Å². The summed E-state index contributed by atoms with van der Waals surface area (Å²) in [4.78, 5) is 12.4. The van der Waals surface area contributed by atoms with E-state index in [9.17, 15) is 9.18 Å². The Morgan fingerprint density at radius 1 is 0.917 bits per heavy atom. The van der Waals surface area contributed by atoms with Crippen LogP contribution in [0.25, 0.3) is 0 Å². The van der Waals surface area contributed by atoms with Gasteiger partial charge >= 0.3 is 5.97 Å². The molecule has 0 aromatic heterocycles. The van der Waals surface area contributed by atoms with Crippen LogP contribution >= 0.6 is 0 Å². The predicted octanol–water partition coefficient (Wildman–Crippen LogP) is 4.95. The molecule has 0 spiro atoms. The number of hydrogen-bond donors (Lipinski definition) is 0. The fourth-order valence-corrected chi connectivity index (χ4v) is 5.02. The highest BCUT2D eigenvalue weighted by Crippen LogP contribution is 2.40.